The lowest BCUT2D eigenvalue weighted by Crippen LogP contribution is -2.05. The van der Waals surface area contributed by atoms with Gasteiger partial charge in [0.2, 0.25) is 0 Å². The Balaban J connectivity index is 1.99. The van der Waals surface area contributed by atoms with Crippen LogP contribution in [0.3, 0.4) is 0 Å². The van der Waals surface area contributed by atoms with Crippen LogP contribution in [0.4, 0.5) is 0 Å². The van der Waals surface area contributed by atoms with Crippen LogP contribution >= 0.6 is 0 Å². The van der Waals surface area contributed by atoms with Crippen LogP contribution in [-0.4, -0.2) is 11.7 Å². The predicted octanol–water partition coefficient (Wildman–Crippen LogP) is 3.16. The quantitative estimate of drug-likeness (QED) is 0.788. The summed E-state index contributed by atoms with van der Waals surface area (Å²) in [5.74, 6) is 0.887. The summed E-state index contributed by atoms with van der Waals surface area (Å²) in [6.07, 6.45) is 2.11. The van der Waals surface area contributed by atoms with Gasteiger partial charge in [-0.3, -0.25) is 0 Å². The Morgan fingerprint density at radius 2 is 1.85 bits per heavy atom. The van der Waals surface area contributed by atoms with Gasteiger partial charge >= 0.3 is 0 Å². The molecule has 0 aliphatic carbocycles. The fraction of sp³-hybridized carbons (Fsp3) is 0.176. The van der Waals surface area contributed by atoms with Gasteiger partial charge in [0, 0.05) is 30.2 Å². The first-order valence-corrected chi connectivity index (χ1v) is 6.71. The summed E-state index contributed by atoms with van der Waals surface area (Å²) in [6.45, 7) is 1.41. The third-order valence-electron chi connectivity index (χ3n) is 3.66. The van der Waals surface area contributed by atoms with Crippen LogP contribution in [0, 0.1) is 0 Å². The third kappa shape index (κ3) is 2.28. The Morgan fingerprint density at radius 1 is 1.05 bits per heavy atom. The average molecular weight is 266 g/mol. The lowest BCUT2D eigenvalue weighted by molar-refractivity contribution is 0.415. The molecule has 0 aliphatic rings. The van der Waals surface area contributed by atoms with E-state index >= 15 is 0 Å². The van der Waals surface area contributed by atoms with E-state index in [1.807, 2.05) is 12.1 Å². The van der Waals surface area contributed by atoms with E-state index < -0.39 is 0 Å². The molecule has 0 fully saturated rings. The Hall–Kier alpha value is -2.26. The number of hydrogen-bond donors (Lipinski definition) is 1. The van der Waals surface area contributed by atoms with E-state index in [1.165, 1.54) is 22.0 Å². The average Bonchev–Trinajstić information content (AvgIpc) is 2.90. The first kappa shape index (κ1) is 12.8. The van der Waals surface area contributed by atoms with Crippen molar-refractivity contribution in [1.82, 2.24) is 4.57 Å². The molecule has 0 bridgehead atoms. The lowest BCUT2D eigenvalue weighted by atomic mass is 10.1. The van der Waals surface area contributed by atoms with Crippen molar-refractivity contribution in [3.05, 3.63) is 65.9 Å². The van der Waals surface area contributed by atoms with Crippen LogP contribution in [0.15, 0.2) is 54.7 Å². The molecule has 0 atom stereocenters. The van der Waals surface area contributed by atoms with Crippen molar-refractivity contribution in [2.45, 2.75) is 13.1 Å². The highest BCUT2D eigenvalue weighted by Crippen LogP contribution is 2.23. The van der Waals surface area contributed by atoms with Crippen molar-refractivity contribution in [2.24, 2.45) is 5.73 Å². The summed E-state index contributed by atoms with van der Waals surface area (Å²) in [6, 6.07) is 16.6. The van der Waals surface area contributed by atoms with Crippen LogP contribution in [0.25, 0.3) is 10.9 Å². The maximum Gasteiger partial charge on any atom is 0.119 e. The van der Waals surface area contributed by atoms with E-state index in [9.17, 15) is 0 Å². The lowest BCUT2D eigenvalue weighted by Gasteiger charge is -2.10. The van der Waals surface area contributed by atoms with Crippen LogP contribution in [-0.2, 0) is 13.1 Å². The van der Waals surface area contributed by atoms with Gasteiger partial charge in [0.25, 0.3) is 0 Å². The zero-order valence-corrected chi connectivity index (χ0v) is 11.5. The van der Waals surface area contributed by atoms with Gasteiger partial charge in [-0.2, -0.15) is 0 Å². The minimum atomic E-state index is 0.573. The SMILES string of the molecule is COc1ccc2c(ccn2Cc2ccccc2CN)c1. The van der Waals surface area contributed by atoms with Crippen LogP contribution < -0.4 is 10.5 Å². The largest absolute Gasteiger partial charge is 0.497 e. The van der Waals surface area contributed by atoms with E-state index in [0.29, 0.717) is 6.54 Å². The number of rotatable bonds is 4. The third-order valence-corrected chi connectivity index (χ3v) is 3.66. The molecular formula is C17H18N2O. The van der Waals surface area contributed by atoms with E-state index in [-0.39, 0.29) is 0 Å². The number of hydrogen-bond acceptors (Lipinski definition) is 2. The Bertz CT molecular complexity index is 731. The highest BCUT2D eigenvalue weighted by atomic mass is 16.5. The fourth-order valence-electron chi connectivity index (χ4n) is 2.54. The monoisotopic (exact) mass is 266 g/mol. The summed E-state index contributed by atoms with van der Waals surface area (Å²) in [4.78, 5) is 0. The normalized spacial score (nSPS) is 10.9. The number of aromatic nitrogens is 1. The van der Waals surface area contributed by atoms with E-state index in [0.717, 1.165) is 12.3 Å². The maximum absolute atomic E-state index is 5.80. The molecule has 3 heteroatoms. The molecule has 3 aromatic rings. The molecule has 0 aliphatic heterocycles. The molecule has 0 radical (unpaired) electrons. The topological polar surface area (TPSA) is 40.2 Å². The van der Waals surface area contributed by atoms with Crippen molar-refractivity contribution in [3.8, 4) is 5.75 Å². The fourth-order valence-corrected chi connectivity index (χ4v) is 2.54. The summed E-state index contributed by atoms with van der Waals surface area (Å²) in [5.41, 5.74) is 9.47. The summed E-state index contributed by atoms with van der Waals surface area (Å²) < 4.78 is 7.50. The molecule has 0 spiro atoms. The highest BCUT2D eigenvalue weighted by molar-refractivity contribution is 5.81. The number of nitrogens with two attached hydrogens (primary N) is 1. The summed E-state index contributed by atoms with van der Waals surface area (Å²) >= 11 is 0. The van der Waals surface area contributed by atoms with Gasteiger partial charge in [0.05, 0.1) is 7.11 Å². The van der Waals surface area contributed by atoms with Gasteiger partial charge in [-0.1, -0.05) is 24.3 Å². The second kappa shape index (κ2) is 5.39. The molecule has 3 nitrogen and oxygen atoms in total. The molecule has 2 N–H and O–H groups in total. The highest BCUT2D eigenvalue weighted by Gasteiger charge is 2.05. The van der Waals surface area contributed by atoms with Crippen LogP contribution in [0.2, 0.25) is 0 Å². The molecular weight excluding hydrogens is 248 g/mol. The maximum atomic E-state index is 5.80. The Labute approximate surface area is 118 Å². The standard InChI is InChI=1S/C17H18N2O/c1-20-16-6-7-17-13(10-16)8-9-19(17)12-15-5-3-2-4-14(15)11-18/h2-10H,11-12,18H2,1H3. The van der Waals surface area contributed by atoms with E-state index in [1.54, 1.807) is 7.11 Å². The molecule has 102 valence electrons. The minimum Gasteiger partial charge on any atom is -0.497 e. The number of ether oxygens (including phenoxy) is 1. The molecule has 1 heterocycles. The molecule has 0 saturated heterocycles. The van der Waals surface area contributed by atoms with Gasteiger partial charge < -0.3 is 15.0 Å². The number of methoxy groups -OCH3 is 1. The van der Waals surface area contributed by atoms with E-state index in [4.69, 9.17) is 10.5 Å². The summed E-state index contributed by atoms with van der Waals surface area (Å²) in [5, 5.41) is 1.19. The summed E-state index contributed by atoms with van der Waals surface area (Å²) in [7, 11) is 1.69. The predicted molar refractivity (Wildman–Crippen MR) is 81.9 cm³/mol. The van der Waals surface area contributed by atoms with Crippen molar-refractivity contribution < 1.29 is 4.74 Å². The molecule has 1 aromatic heterocycles. The Kier molecular flexibility index (Phi) is 3.44. The number of nitrogens with zero attached hydrogens (tertiary/aromatic N) is 1. The smallest absolute Gasteiger partial charge is 0.119 e. The van der Waals surface area contributed by atoms with E-state index in [2.05, 4.69) is 47.2 Å². The zero-order chi connectivity index (χ0) is 13.9. The molecule has 0 unspecified atom stereocenters. The van der Waals surface area contributed by atoms with Crippen molar-refractivity contribution in [3.63, 3.8) is 0 Å². The van der Waals surface area contributed by atoms with Crippen LogP contribution in [0.5, 0.6) is 5.75 Å². The molecule has 0 saturated carbocycles. The van der Waals surface area contributed by atoms with Crippen molar-refractivity contribution >= 4 is 10.9 Å². The van der Waals surface area contributed by atoms with Crippen molar-refractivity contribution in [2.75, 3.05) is 7.11 Å². The van der Waals surface area contributed by atoms with Gasteiger partial charge in [0.15, 0.2) is 0 Å². The first-order chi connectivity index (χ1) is 9.81. The van der Waals surface area contributed by atoms with Gasteiger partial charge in [0.1, 0.15) is 5.75 Å². The molecule has 20 heavy (non-hydrogen) atoms. The first-order valence-electron chi connectivity index (χ1n) is 6.71. The minimum absolute atomic E-state index is 0.573. The van der Waals surface area contributed by atoms with Gasteiger partial charge in [-0.15, -0.1) is 0 Å². The van der Waals surface area contributed by atoms with Gasteiger partial charge in [-0.05, 0) is 35.4 Å². The molecule has 2 aromatic carbocycles. The van der Waals surface area contributed by atoms with Gasteiger partial charge in [-0.25, -0.2) is 0 Å². The second-order valence-electron chi connectivity index (χ2n) is 4.84. The molecule has 0 amide bonds. The number of benzene rings is 2. The van der Waals surface area contributed by atoms with Crippen molar-refractivity contribution in [1.29, 1.82) is 0 Å². The van der Waals surface area contributed by atoms with Crippen LogP contribution in [0.1, 0.15) is 11.1 Å². The number of fused-ring (bicyclic) bond motifs is 1. The Morgan fingerprint density at radius 3 is 2.60 bits per heavy atom. The zero-order valence-electron chi connectivity index (χ0n) is 11.5. The molecule has 3 rings (SSSR count). The second-order valence-corrected chi connectivity index (χ2v) is 4.84.